The molecule has 0 saturated carbocycles. The second-order valence-corrected chi connectivity index (χ2v) is 6.32. The summed E-state index contributed by atoms with van der Waals surface area (Å²) in [4.78, 5) is 43.4. The zero-order valence-electron chi connectivity index (χ0n) is 17.9. The molecular weight excluding hydrogens is 411 g/mol. The summed E-state index contributed by atoms with van der Waals surface area (Å²) >= 11 is 0. The SMILES string of the molecule is CCOC(=O)C(=CNc1ccc(F)c(N2CCN(C(=O)OCC)CC2)n1)C(=O)OCC. The molecule has 0 aliphatic carbocycles. The van der Waals surface area contributed by atoms with Gasteiger partial charge in [0, 0.05) is 32.4 Å². The number of nitrogens with zero attached hydrogens (tertiary/aromatic N) is 3. The molecule has 1 saturated heterocycles. The quantitative estimate of drug-likeness (QED) is 0.214. The van der Waals surface area contributed by atoms with Crippen LogP contribution in [-0.2, 0) is 23.8 Å². The molecule has 1 fully saturated rings. The molecular formula is C20H27FN4O6. The predicted molar refractivity (Wildman–Crippen MR) is 110 cm³/mol. The van der Waals surface area contributed by atoms with E-state index in [9.17, 15) is 18.8 Å². The van der Waals surface area contributed by atoms with Crippen LogP contribution >= 0.6 is 0 Å². The Morgan fingerprint density at radius 3 is 2.13 bits per heavy atom. The molecule has 0 aromatic carbocycles. The van der Waals surface area contributed by atoms with Gasteiger partial charge in [0.2, 0.25) is 0 Å². The van der Waals surface area contributed by atoms with E-state index in [0.29, 0.717) is 26.2 Å². The minimum atomic E-state index is -0.842. The molecule has 2 heterocycles. The molecule has 170 valence electrons. The number of halogens is 1. The first-order chi connectivity index (χ1) is 14.9. The standard InChI is InChI=1S/C20H27FN4O6/c1-4-29-18(26)14(19(27)30-5-2)13-22-16-8-7-15(21)17(23-16)24-9-11-25(12-10-24)20(28)31-6-3/h7-8,13H,4-6,9-12H2,1-3H3,(H,22,23). The number of pyridine rings is 1. The Labute approximate surface area is 179 Å². The van der Waals surface area contributed by atoms with Crippen LogP contribution in [0.4, 0.5) is 20.8 Å². The summed E-state index contributed by atoms with van der Waals surface area (Å²) in [5.74, 6) is -1.90. The molecule has 1 aliphatic rings. The van der Waals surface area contributed by atoms with E-state index < -0.39 is 23.8 Å². The van der Waals surface area contributed by atoms with Crippen molar-refractivity contribution in [2.75, 3.05) is 56.2 Å². The molecule has 0 unspecified atom stereocenters. The third kappa shape index (κ3) is 6.56. The van der Waals surface area contributed by atoms with Gasteiger partial charge in [-0.3, -0.25) is 0 Å². The molecule has 1 aliphatic heterocycles. The summed E-state index contributed by atoms with van der Waals surface area (Å²) in [5, 5.41) is 2.72. The van der Waals surface area contributed by atoms with Crippen LogP contribution in [0.2, 0.25) is 0 Å². The van der Waals surface area contributed by atoms with E-state index in [0.717, 1.165) is 6.20 Å². The second kappa shape index (κ2) is 11.7. The highest BCUT2D eigenvalue weighted by atomic mass is 19.1. The van der Waals surface area contributed by atoms with Crippen molar-refractivity contribution < 1.29 is 33.0 Å². The van der Waals surface area contributed by atoms with E-state index in [1.807, 2.05) is 0 Å². The fraction of sp³-hybridized carbons (Fsp3) is 0.500. The normalized spacial score (nSPS) is 13.3. The van der Waals surface area contributed by atoms with Crippen molar-refractivity contribution in [1.82, 2.24) is 9.88 Å². The highest BCUT2D eigenvalue weighted by molar-refractivity contribution is 6.14. The topological polar surface area (TPSA) is 110 Å². The lowest BCUT2D eigenvalue weighted by Crippen LogP contribution is -2.49. The van der Waals surface area contributed by atoms with Gasteiger partial charge in [-0.05, 0) is 32.9 Å². The number of carbonyl (C=O) groups excluding carboxylic acids is 3. The number of nitrogens with one attached hydrogen (secondary N) is 1. The van der Waals surface area contributed by atoms with Gasteiger partial charge in [0.25, 0.3) is 0 Å². The van der Waals surface area contributed by atoms with Crippen molar-refractivity contribution in [3.05, 3.63) is 29.7 Å². The molecule has 1 N–H and O–H groups in total. The molecule has 10 nitrogen and oxygen atoms in total. The molecule has 0 bridgehead atoms. The predicted octanol–water partition coefficient (Wildman–Crippen LogP) is 1.92. The van der Waals surface area contributed by atoms with Gasteiger partial charge in [-0.2, -0.15) is 0 Å². The van der Waals surface area contributed by atoms with Crippen LogP contribution < -0.4 is 10.2 Å². The number of amides is 1. The van der Waals surface area contributed by atoms with Gasteiger partial charge >= 0.3 is 18.0 Å². The van der Waals surface area contributed by atoms with Gasteiger partial charge in [-0.25, -0.2) is 23.8 Å². The highest BCUT2D eigenvalue weighted by Crippen LogP contribution is 2.21. The zero-order chi connectivity index (χ0) is 22.8. The van der Waals surface area contributed by atoms with E-state index in [1.165, 1.54) is 12.1 Å². The monoisotopic (exact) mass is 438 g/mol. The Bertz CT molecular complexity index is 804. The number of esters is 2. The summed E-state index contributed by atoms with van der Waals surface area (Å²) < 4.78 is 29.1. The Morgan fingerprint density at radius 1 is 1.00 bits per heavy atom. The number of hydrogen-bond donors (Lipinski definition) is 1. The Hall–Kier alpha value is -3.37. The first kappa shape index (κ1) is 23.9. The number of anilines is 2. The van der Waals surface area contributed by atoms with Gasteiger partial charge < -0.3 is 29.3 Å². The second-order valence-electron chi connectivity index (χ2n) is 6.32. The average Bonchev–Trinajstić information content (AvgIpc) is 2.75. The lowest BCUT2D eigenvalue weighted by molar-refractivity contribution is -0.146. The fourth-order valence-corrected chi connectivity index (χ4v) is 2.81. The molecule has 1 amide bonds. The largest absolute Gasteiger partial charge is 0.462 e. The van der Waals surface area contributed by atoms with Gasteiger partial charge in [0.05, 0.1) is 19.8 Å². The van der Waals surface area contributed by atoms with Crippen molar-refractivity contribution in [2.45, 2.75) is 20.8 Å². The molecule has 2 rings (SSSR count). The molecule has 0 atom stereocenters. The van der Waals surface area contributed by atoms with Crippen molar-refractivity contribution in [2.24, 2.45) is 0 Å². The lowest BCUT2D eigenvalue weighted by atomic mass is 10.3. The lowest BCUT2D eigenvalue weighted by Gasteiger charge is -2.34. The van der Waals surface area contributed by atoms with Crippen LogP contribution in [0.15, 0.2) is 23.9 Å². The third-order valence-corrected chi connectivity index (χ3v) is 4.29. The van der Waals surface area contributed by atoms with E-state index in [2.05, 4.69) is 10.3 Å². The van der Waals surface area contributed by atoms with Crippen LogP contribution in [0.1, 0.15) is 20.8 Å². The number of aromatic nitrogens is 1. The summed E-state index contributed by atoms with van der Waals surface area (Å²) in [5.41, 5.74) is -0.334. The highest BCUT2D eigenvalue weighted by Gasteiger charge is 2.25. The number of carbonyl (C=O) groups is 3. The van der Waals surface area contributed by atoms with Crippen LogP contribution in [0.3, 0.4) is 0 Å². The van der Waals surface area contributed by atoms with Crippen LogP contribution in [-0.4, -0.2) is 73.9 Å². The number of rotatable bonds is 8. The molecule has 31 heavy (non-hydrogen) atoms. The number of ether oxygens (including phenoxy) is 3. The molecule has 1 aromatic heterocycles. The summed E-state index contributed by atoms with van der Waals surface area (Å²) in [6, 6.07) is 2.60. The van der Waals surface area contributed by atoms with Crippen LogP contribution in [0, 0.1) is 5.82 Å². The summed E-state index contributed by atoms with van der Waals surface area (Å²) in [6.45, 7) is 6.91. The van der Waals surface area contributed by atoms with Gasteiger partial charge in [-0.1, -0.05) is 0 Å². The van der Waals surface area contributed by atoms with Gasteiger partial charge in [0.1, 0.15) is 5.82 Å². The Kier molecular flexibility index (Phi) is 9.04. The van der Waals surface area contributed by atoms with Crippen molar-refractivity contribution in [1.29, 1.82) is 0 Å². The van der Waals surface area contributed by atoms with Gasteiger partial charge in [-0.15, -0.1) is 0 Å². The van der Waals surface area contributed by atoms with E-state index in [4.69, 9.17) is 14.2 Å². The molecule has 11 heteroatoms. The first-order valence-electron chi connectivity index (χ1n) is 10.0. The summed E-state index contributed by atoms with van der Waals surface area (Å²) in [7, 11) is 0. The minimum Gasteiger partial charge on any atom is -0.462 e. The van der Waals surface area contributed by atoms with Crippen molar-refractivity contribution >= 4 is 29.7 Å². The maximum absolute atomic E-state index is 14.4. The smallest absolute Gasteiger partial charge is 0.409 e. The third-order valence-electron chi connectivity index (χ3n) is 4.29. The summed E-state index contributed by atoms with van der Waals surface area (Å²) in [6.07, 6.45) is 0.722. The Balaban J connectivity index is 2.13. The van der Waals surface area contributed by atoms with E-state index in [-0.39, 0.29) is 37.0 Å². The van der Waals surface area contributed by atoms with Crippen LogP contribution in [0.5, 0.6) is 0 Å². The number of hydrogen-bond acceptors (Lipinski definition) is 9. The zero-order valence-corrected chi connectivity index (χ0v) is 17.9. The molecule has 1 aromatic rings. The van der Waals surface area contributed by atoms with Crippen molar-refractivity contribution in [3.8, 4) is 0 Å². The average molecular weight is 438 g/mol. The number of piperazine rings is 1. The first-order valence-corrected chi connectivity index (χ1v) is 10.0. The molecule has 0 spiro atoms. The van der Waals surface area contributed by atoms with Crippen LogP contribution in [0.25, 0.3) is 0 Å². The minimum absolute atomic E-state index is 0.0896. The van der Waals surface area contributed by atoms with Gasteiger partial charge in [0.15, 0.2) is 17.2 Å². The maximum Gasteiger partial charge on any atom is 0.409 e. The van der Waals surface area contributed by atoms with Crippen molar-refractivity contribution in [3.63, 3.8) is 0 Å². The van der Waals surface area contributed by atoms with E-state index >= 15 is 0 Å². The maximum atomic E-state index is 14.4. The fourth-order valence-electron chi connectivity index (χ4n) is 2.81. The Morgan fingerprint density at radius 2 is 1.58 bits per heavy atom. The van der Waals surface area contributed by atoms with E-state index in [1.54, 1.807) is 30.6 Å². The molecule has 0 radical (unpaired) electrons.